The molecule has 0 radical (unpaired) electrons. The largest absolute Gasteiger partial charge is 0.497 e. The number of benzene rings is 2. The molecule has 0 saturated heterocycles. The number of hydrogen-bond donors (Lipinski definition) is 0. The molecule has 1 heterocycles. The highest BCUT2D eigenvalue weighted by molar-refractivity contribution is 5.80. The summed E-state index contributed by atoms with van der Waals surface area (Å²) >= 11 is 0. The van der Waals surface area contributed by atoms with Crippen LogP contribution in [-0.4, -0.2) is 41.2 Å². The Bertz CT molecular complexity index is 999. The lowest BCUT2D eigenvalue weighted by atomic mass is 10.1. The summed E-state index contributed by atoms with van der Waals surface area (Å²) in [5, 5.41) is 4.00. The molecule has 1 aromatic heterocycles. The van der Waals surface area contributed by atoms with Crippen molar-refractivity contribution in [1.29, 1.82) is 0 Å². The standard InChI is InChI=1S/C22H25N3O4/c1-14-8-6-11-19(15(14)2)28-16(3)22(26)25(4)13-20-23-21(24-29-20)17-9-7-10-18(12-17)27-5/h6-12,16H,13H2,1-5H3/t16-/m1/s1. The van der Waals surface area contributed by atoms with Gasteiger partial charge in [-0.15, -0.1) is 0 Å². The molecule has 0 fully saturated rings. The summed E-state index contributed by atoms with van der Waals surface area (Å²) in [7, 11) is 3.28. The van der Waals surface area contributed by atoms with Crippen LogP contribution >= 0.6 is 0 Å². The van der Waals surface area contributed by atoms with E-state index in [4.69, 9.17) is 14.0 Å². The van der Waals surface area contributed by atoms with Crippen molar-refractivity contribution in [2.75, 3.05) is 14.2 Å². The number of aromatic nitrogens is 2. The van der Waals surface area contributed by atoms with Crippen LogP contribution in [0.1, 0.15) is 23.9 Å². The molecule has 3 rings (SSSR count). The summed E-state index contributed by atoms with van der Waals surface area (Å²) in [5.41, 5.74) is 2.92. The molecule has 7 heteroatoms. The molecular formula is C22H25N3O4. The van der Waals surface area contributed by atoms with Gasteiger partial charge >= 0.3 is 0 Å². The van der Waals surface area contributed by atoms with Crippen LogP contribution in [0, 0.1) is 13.8 Å². The molecule has 1 amide bonds. The van der Waals surface area contributed by atoms with E-state index in [2.05, 4.69) is 10.1 Å². The molecule has 3 aromatic rings. The van der Waals surface area contributed by atoms with Gasteiger partial charge in [-0.05, 0) is 50.1 Å². The van der Waals surface area contributed by atoms with E-state index in [9.17, 15) is 4.79 Å². The lowest BCUT2D eigenvalue weighted by Gasteiger charge is -2.21. The van der Waals surface area contributed by atoms with E-state index in [1.54, 1.807) is 21.1 Å². The summed E-state index contributed by atoms with van der Waals surface area (Å²) < 4.78 is 16.4. The predicted molar refractivity (Wildman–Crippen MR) is 109 cm³/mol. The fourth-order valence-corrected chi connectivity index (χ4v) is 2.88. The number of carbonyl (C=O) groups excluding carboxylic acids is 1. The van der Waals surface area contributed by atoms with E-state index in [-0.39, 0.29) is 12.5 Å². The summed E-state index contributed by atoms with van der Waals surface area (Å²) in [6.07, 6.45) is -0.638. The Balaban J connectivity index is 1.65. The van der Waals surface area contributed by atoms with E-state index in [1.807, 2.05) is 56.3 Å². The minimum Gasteiger partial charge on any atom is -0.497 e. The van der Waals surface area contributed by atoms with Crippen molar-refractivity contribution in [3.63, 3.8) is 0 Å². The smallest absolute Gasteiger partial charge is 0.263 e. The van der Waals surface area contributed by atoms with Crippen molar-refractivity contribution in [1.82, 2.24) is 15.0 Å². The summed E-state index contributed by atoms with van der Waals surface area (Å²) in [5.74, 6) is 2.03. The Morgan fingerprint density at radius 2 is 1.97 bits per heavy atom. The van der Waals surface area contributed by atoms with Crippen molar-refractivity contribution in [3.05, 3.63) is 59.5 Å². The molecule has 0 spiro atoms. The molecule has 1 atom stereocenters. The summed E-state index contributed by atoms with van der Waals surface area (Å²) in [6.45, 7) is 5.91. The lowest BCUT2D eigenvalue weighted by Crippen LogP contribution is -2.37. The van der Waals surface area contributed by atoms with Gasteiger partial charge in [0, 0.05) is 12.6 Å². The van der Waals surface area contributed by atoms with Crippen LogP contribution in [0.4, 0.5) is 0 Å². The Hall–Kier alpha value is -3.35. The lowest BCUT2D eigenvalue weighted by molar-refractivity contribution is -0.137. The zero-order valence-electron chi connectivity index (χ0n) is 17.3. The zero-order valence-corrected chi connectivity index (χ0v) is 17.3. The molecule has 0 aliphatic rings. The molecule has 2 aromatic carbocycles. The van der Waals surface area contributed by atoms with Gasteiger partial charge < -0.3 is 18.9 Å². The number of likely N-dealkylation sites (N-methyl/N-ethyl adjacent to an activating group) is 1. The fourth-order valence-electron chi connectivity index (χ4n) is 2.88. The number of amides is 1. The minimum absolute atomic E-state index is 0.174. The number of methoxy groups -OCH3 is 1. The van der Waals surface area contributed by atoms with Gasteiger partial charge in [-0.25, -0.2) is 0 Å². The second-order valence-electron chi connectivity index (χ2n) is 6.90. The van der Waals surface area contributed by atoms with Gasteiger partial charge in [0.25, 0.3) is 5.91 Å². The molecule has 0 aliphatic carbocycles. The number of nitrogens with zero attached hydrogens (tertiary/aromatic N) is 3. The Morgan fingerprint density at radius 3 is 2.72 bits per heavy atom. The first-order valence-electron chi connectivity index (χ1n) is 9.34. The quantitative estimate of drug-likeness (QED) is 0.606. The van der Waals surface area contributed by atoms with Gasteiger partial charge in [0.2, 0.25) is 11.7 Å². The Kier molecular flexibility index (Phi) is 6.16. The van der Waals surface area contributed by atoms with E-state index >= 15 is 0 Å². The maximum Gasteiger partial charge on any atom is 0.263 e. The Morgan fingerprint density at radius 1 is 1.21 bits per heavy atom. The highest BCUT2D eigenvalue weighted by Gasteiger charge is 2.22. The third kappa shape index (κ3) is 4.74. The predicted octanol–water partition coefficient (Wildman–Crippen LogP) is 3.79. The van der Waals surface area contributed by atoms with Gasteiger partial charge in [0.1, 0.15) is 11.5 Å². The van der Waals surface area contributed by atoms with Crippen LogP contribution in [-0.2, 0) is 11.3 Å². The minimum atomic E-state index is -0.638. The van der Waals surface area contributed by atoms with Gasteiger partial charge in [0.15, 0.2) is 6.10 Å². The third-order valence-electron chi connectivity index (χ3n) is 4.75. The van der Waals surface area contributed by atoms with E-state index < -0.39 is 6.10 Å². The number of aryl methyl sites for hydroxylation is 1. The molecule has 0 bridgehead atoms. The first-order valence-corrected chi connectivity index (χ1v) is 9.34. The highest BCUT2D eigenvalue weighted by atomic mass is 16.5. The first kappa shape index (κ1) is 20.4. The second-order valence-corrected chi connectivity index (χ2v) is 6.90. The van der Waals surface area contributed by atoms with E-state index in [0.717, 1.165) is 16.7 Å². The van der Waals surface area contributed by atoms with Gasteiger partial charge in [0.05, 0.1) is 13.7 Å². The molecule has 7 nitrogen and oxygen atoms in total. The van der Waals surface area contributed by atoms with Gasteiger partial charge in [-0.3, -0.25) is 4.79 Å². The molecule has 0 saturated carbocycles. The number of rotatable bonds is 7. The first-order chi connectivity index (χ1) is 13.9. The van der Waals surface area contributed by atoms with E-state index in [0.29, 0.717) is 23.2 Å². The summed E-state index contributed by atoms with van der Waals surface area (Å²) in [6, 6.07) is 13.2. The normalized spacial score (nSPS) is 11.8. The molecular weight excluding hydrogens is 370 g/mol. The van der Waals surface area contributed by atoms with Gasteiger partial charge in [-0.1, -0.05) is 29.4 Å². The van der Waals surface area contributed by atoms with Crippen molar-refractivity contribution in [2.24, 2.45) is 0 Å². The fraction of sp³-hybridized carbons (Fsp3) is 0.318. The van der Waals surface area contributed by atoms with Crippen molar-refractivity contribution < 1.29 is 18.8 Å². The summed E-state index contributed by atoms with van der Waals surface area (Å²) in [4.78, 5) is 18.6. The number of ether oxygens (including phenoxy) is 2. The third-order valence-corrected chi connectivity index (χ3v) is 4.75. The second kappa shape index (κ2) is 8.77. The maximum absolute atomic E-state index is 12.7. The molecule has 0 unspecified atom stereocenters. The average molecular weight is 395 g/mol. The van der Waals surface area contributed by atoms with Crippen LogP contribution in [0.3, 0.4) is 0 Å². The number of hydrogen-bond acceptors (Lipinski definition) is 6. The van der Waals surface area contributed by atoms with Crippen molar-refractivity contribution in [3.8, 4) is 22.9 Å². The molecule has 0 N–H and O–H groups in total. The zero-order chi connectivity index (χ0) is 21.0. The molecule has 0 aliphatic heterocycles. The van der Waals surface area contributed by atoms with Crippen molar-refractivity contribution >= 4 is 5.91 Å². The number of carbonyl (C=O) groups is 1. The Labute approximate surface area is 170 Å². The monoisotopic (exact) mass is 395 g/mol. The van der Waals surface area contributed by atoms with Gasteiger partial charge in [-0.2, -0.15) is 4.98 Å². The van der Waals surface area contributed by atoms with Crippen LogP contribution < -0.4 is 9.47 Å². The molecule has 29 heavy (non-hydrogen) atoms. The maximum atomic E-state index is 12.7. The topological polar surface area (TPSA) is 77.7 Å². The van der Waals surface area contributed by atoms with Crippen LogP contribution in [0.2, 0.25) is 0 Å². The van der Waals surface area contributed by atoms with E-state index in [1.165, 1.54) is 4.90 Å². The highest BCUT2D eigenvalue weighted by Crippen LogP contribution is 2.23. The van der Waals surface area contributed by atoms with Crippen LogP contribution in [0.5, 0.6) is 11.5 Å². The SMILES string of the molecule is COc1cccc(-c2noc(CN(C)C(=O)[C@@H](C)Oc3cccc(C)c3C)n2)c1. The van der Waals surface area contributed by atoms with Crippen LogP contribution in [0.15, 0.2) is 47.0 Å². The van der Waals surface area contributed by atoms with Crippen LogP contribution in [0.25, 0.3) is 11.4 Å². The molecule has 152 valence electrons. The average Bonchev–Trinajstić information content (AvgIpc) is 3.19. The van der Waals surface area contributed by atoms with Crippen molar-refractivity contribution in [2.45, 2.75) is 33.4 Å².